The van der Waals surface area contributed by atoms with Gasteiger partial charge in [-0.2, -0.15) is 0 Å². The number of benzene rings is 1. The van der Waals surface area contributed by atoms with E-state index in [0.717, 1.165) is 30.4 Å². The van der Waals surface area contributed by atoms with Gasteiger partial charge >= 0.3 is 0 Å². The van der Waals surface area contributed by atoms with Crippen LogP contribution in [0.1, 0.15) is 50.7 Å². The Morgan fingerprint density at radius 2 is 2.06 bits per heavy atom. The van der Waals surface area contributed by atoms with Crippen molar-refractivity contribution in [2.75, 3.05) is 0 Å². The highest BCUT2D eigenvalue weighted by Gasteiger charge is 2.37. The summed E-state index contributed by atoms with van der Waals surface area (Å²) < 4.78 is 13.5. The molecule has 1 aromatic rings. The monoisotopic (exact) mass is 250 g/mol. The lowest BCUT2D eigenvalue weighted by atomic mass is 9.71. The largest absolute Gasteiger partial charge is 0.385 e. The zero-order chi connectivity index (χ0) is 13.3. The Balaban J connectivity index is 2.29. The maximum Gasteiger partial charge on any atom is 0.123 e. The van der Waals surface area contributed by atoms with Crippen molar-refractivity contribution in [2.45, 2.75) is 52.1 Å². The van der Waals surface area contributed by atoms with E-state index in [0.29, 0.717) is 11.8 Å². The minimum absolute atomic E-state index is 0.245. The van der Waals surface area contributed by atoms with Crippen LogP contribution in [0.4, 0.5) is 4.39 Å². The average molecular weight is 250 g/mol. The highest BCUT2D eigenvalue weighted by molar-refractivity contribution is 5.29. The van der Waals surface area contributed by atoms with E-state index in [1.54, 1.807) is 0 Å². The van der Waals surface area contributed by atoms with Gasteiger partial charge < -0.3 is 5.11 Å². The van der Waals surface area contributed by atoms with Gasteiger partial charge in [-0.25, -0.2) is 4.39 Å². The van der Waals surface area contributed by atoms with Crippen LogP contribution in [0.3, 0.4) is 0 Å². The number of aliphatic hydroxyl groups is 1. The Morgan fingerprint density at radius 1 is 1.33 bits per heavy atom. The molecule has 2 heteroatoms. The van der Waals surface area contributed by atoms with Gasteiger partial charge in [0.05, 0.1) is 5.60 Å². The van der Waals surface area contributed by atoms with E-state index in [1.165, 1.54) is 18.6 Å². The van der Waals surface area contributed by atoms with Gasteiger partial charge in [0.1, 0.15) is 5.82 Å². The standard InChI is InChI=1S/C16H23FO/c1-11(2)13-5-4-6-16(18,10-13)14-7-12(3)8-15(17)9-14/h7-9,11,13,18H,4-6,10H2,1-3H3. The molecule has 1 fully saturated rings. The summed E-state index contributed by atoms with van der Waals surface area (Å²) in [6.45, 7) is 6.28. The molecule has 1 N–H and O–H groups in total. The molecule has 0 amide bonds. The zero-order valence-corrected chi connectivity index (χ0v) is 11.5. The summed E-state index contributed by atoms with van der Waals surface area (Å²) in [5, 5.41) is 10.8. The molecule has 18 heavy (non-hydrogen) atoms. The highest BCUT2D eigenvalue weighted by atomic mass is 19.1. The predicted molar refractivity (Wildman–Crippen MR) is 71.8 cm³/mol. The van der Waals surface area contributed by atoms with Crippen molar-refractivity contribution in [3.8, 4) is 0 Å². The average Bonchev–Trinajstić information content (AvgIpc) is 2.27. The summed E-state index contributed by atoms with van der Waals surface area (Å²) in [5.74, 6) is 0.865. The van der Waals surface area contributed by atoms with Gasteiger partial charge in [0.15, 0.2) is 0 Å². The molecule has 100 valence electrons. The quantitative estimate of drug-likeness (QED) is 0.835. The van der Waals surface area contributed by atoms with E-state index in [4.69, 9.17) is 0 Å². The molecule has 2 rings (SSSR count). The smallest absolute Gasteiger partial charge is 0.123 e. The van der Waals surface area contributed by atoms with Gasteiger partial charge in [-0.15, -0.1) is 0 Å². The van der Waals surface area contributed by atoms with E-state index in [-0.39, 0.29) is 5.82 Å². The fraction of sp³-hybridized carbons (Fsp3) is 0.625. The van der Waals surface area contributed by atoms with Crippen molar-refractivity contribution < 1.29 is 9.50 Å². The second-order valence-corrected chi connectivity index (χ2v) is 6.15. The molecule has 0 bridgehead atoms. The second-order valence-electron chi connectivity index (χ2n) is 6.15. The van der Waals surface area contributed by atoms with Crippen LogP contribution >= 0.6 is 0 Å². The SMILES string of the molecule is Cc1cc(F)cc(C2(O)CCCC(C(C)C)C2)c1. The molecule has 0 aromatic heterocycles. The lowest BCUT2D eigenvalue weighted by molar-refractivity contribution is -0.0297. The Hall–Kier alpha value is -0.890. The van der Waals surface area contributed by atoms with Gasteiger partial charge in [0.25, 0.3) is 0 Å². The first-order valence-electron chi connectivity index (χ1n) is 6.91. The summed E-state index contributed by atoms with van der Waals surface area (Å²) in [7, 11) is 0. The third kappa shape index (κ3) is 2.74. The van der Waals surface area contributed by atoms with Crippen molar-refractivity contribution in [1.82, 2.24) is 0 Å². The highest BCUT2D eigenvalue weighted by Crippen LogP contribution is 2.42. The van der Waals surface area contributed by atoms with Gasteiger partial charge in [0, 0.05) is 0 Å². The van der Waals surface area contributed by atoms with Crippen molar-refractivity contribution in [2.24, 2.45) is 11.8 Å². The van der Waals surface area contributed by atoms with Crippen molar-refractivity contribution in [3.63, 3.8) is 0 Å². The predicted octanol–water partition coefficient (Wildman–Crippen LogP) is 4.17. The fourth-order valence-electron chi connectivity index (χ4n) is 3.13. The van der Waals surface area contributed by atoms with E-state index in [9.17, 15) is 9.50 Å². The van der Waals surface area contributed by atoms with Crippen molar-refractivity contribution in [3.05, 3.63) is 35.1 Å². The minimum atomic E-state index is -0.833. The lowest BCUT2D eigenvalue weighted by Crippen LogP contribution is -2.34. The second kappa shape index (κ2) is 5.00. The number of hydrogen-bond acceptors (Lipinski definition) is 1. The van der Waals surface area contributed by atoms with E-state index < -0.39 is 5.60 Å². The van der Waals surface area contributed by atoms with Gasteiger partial charge in [-0.3, -0.25) is 0 Å². The molecule has 0 radical (unpaired) electrons. The molecule has 0 spiro atoms. The van der Waals surface area contributed by atoms with E-state index in [1.807, 2.05) is 13.0 Å². The molecule has 2 atom stereocenters. The Morgan fingerprint density at radius 3 is 2.67 bits per heavy atom. The zero-order valence-electron chi connectivity index (χ0n) is 11.5. The third-order valence-corrected chi connectivity index (χ3v) is 4.29. The molecule has 1 aromatic carbocycles. The van der Waals surface area contributed by atoms with Crippen LogP contribution in [0.5, 0.6) is 0 Å². The summed E-state index contributed by atoms with van der Waals surface area (Å²) in [5.41, 5.74) is 0.801. The molecule has 1 aliphatic rings. The molecule has 1 saturated carbocycles. The molecule has 0 heterocycles. The van der Waals surface area contributed by atoms with Crippen LogP contribution in [-0.4, -0.2) is 5.11 Å². The molecule has 1 nitrogen and oxygen atoms in total. The summed E-state index contributed by atoms with van der Waals surface area (Å²) in [6.07, 6.45) is 3.70. The summed E-state index contributed by atoms with van der Waals surface area (Å²) in [4.78, 5) is 0. The van der Waals surface area contributed by atoms with Crippen LogP contribution in [0.25, 0.3) is 0 Å². The first-order chi connectivity index (χ1) is 8.40. The number of aryl methyl sites for hydroxylation is 1. The molecule has 1 aliphatic carbocycles. The molecule has 2 unspecified atom stereocenters. The molecule has 0 saturated heterocycles. The topological polar surface area (TPSA) is 20.2 Å². The Bertz CT molecular complexity index is 407. The van der Waals surface area contributed by atoms with Crippen LogP contribution in [0.2, 0.25) is 0 Å². The van der Waals surface area contributed by atoms with Gasteiger partial charge in [0.2, 0.25) is 0 Å². The van der Waals surface area contributed by atoms with Crippen LogP contribution in [0, 0.1) is 24.6 Å². The normalized spacial score (nSPS) is 28.7. The lowest BCUT2D eigenvalue weighted by Gasteiger charge is -2.39. The van der Waals surface area contributed by atoms with E-state index in [2.05, 4.69) is 13.8 Å². The molecule has 0 aliphatic heterocycles. The fourth-order valence-corrected chi connectivity index (χ4v) is 3.13. The number of halogens is 1. The van der Waals surface area contributed by atoms with Crippen molar-refractivity contribution in [1.29, 1.82) is 0 Å². The van der Waals surface area contributed by atoms with Crippen LogP contribution in [0.15, 0.2) is 18.2 Å². The minimum Gasteiger partial charge on any atom is -0.385 e. The van der Waals surface area contributed by atoms with Crippen LogP contribution in [-0.2, 0) is 5.60 Å². The number of rotatable bonds is 2. The summed E-state index contributed by atoms with van der Waals surface area (Å²) in [6, 6.07) is 4.93. The van der Waals surface area contributed by atoms with Gasteiger partial charge in [-0.1, -0.05) is 19.9 Å². The maximum absolute atomic E-state index is 13.5. The van der Waals surface area contributed by atoms with Crippen LogP contribution < -0.4 is 0 Å². The van der Waals surface area contributed by atoms with Crippen molar-refractivity contribution >= 4 is 0 Å². The van der Waals surface area contributed by atoms with Gasteiger partial charge in [-0.05, 0) is 67.7 Å². The maximum atomic E-state index is 13.5. The third-order valence-electron chi connectivity index (χ3n) is 4.29. The Kier molecular flexibility index (Phi) is 3.76. The van der Waals surface area contributed by atoms with E-state index >= 15 is 0 Å². The number of hydrogen-bond donors (Lipinski definition) is 1. The first-order valence-corrected chi connectivity index (χ1v) is 6.91. The Labute approximate surface area is 109 Å². The first kappa shape index (κ1) is 13.5. The summed E-state index contributed by atoms with van der Waals surface area (Å²) >= 11 is 0. The molecular formula is C16H23FO. The molecular weight excluding hydrogens is 227 g/mol.